The van der Waals surface area contributed by atoms with E-state index in [-0.39, 0.29) is 11.8 Å². The number of hydrazone groups is 2. The number of carbonyl (C=O) groups excluding carboxylic acids is 4. The minimum atomic E-state index is -0.984. The molecule has 4 amide bonds. The van der Waals surface area contributed by atoms with Crippen LogP contribution in [0.2, 0.25) is 0 Å². The summed E-state index contributed by atoms with van der Waals surface area (Å²) in [6.45, 7) is 3.35. The van der Waals surface area contributed by atoms with Crippen molar-refractivity contribution in [3.8, 4) is 0 Å². The predicted molar refractivity (Wildman–Crippen MR) is 158 cm³/mol. The Bertz CT molecular complexity index is 1440. The van der Waals surface area contributed by atoms with Crippen molar-refractivity contribution in [3.05, 3.63) is 104 Å². The Morgan fingerprint density at radius 3 is 1.27 bits per heavy atom. The normalized spacial score (nSPS) is 11.4. The number of rotatable bonds is 8. The summed E-state index contributed by atoms with van der Waals surface area (Å²) in [6, 6.07) is 20.9. The third-order valence-electron chi connectivity index (χ3n) is 5.47. The van der Waals surface area contributed by atoms with E-state index >= 15 is 0 Å². The van der Waals surface area contributed by atoms with E-state index in [0.29, 0.717) is 43.7 Å². The molecule has 0 unspecified atom stereocenters. The third kappa shape index (κ3) is 7.56. The van der Waals surface area contributed by atoms with Crippen molar-refractivity contribution in [1.82, 2.24) is 10.9 Å². The van der Waals surface area contributed by atoms with Crippen molar-refractivity contribution >= 4 is 69.1 Å². The summed E-state index contributed by atoms with van der Waals surface area (Å²) in [5.41, 5.74) is 7.95. The Morgan fingerprint density at radius 2 is 0.950 bits per heavy atom. The van der Waals surface area contributed by atoms with E-state index in [1.807, 2.05) is 10.8 Å². The summed E-state index contributed by atoms with van der Waals surface area (Å²) in [6.07, 6.45) is 0. The molecule has 2 heterocycles. The molecule has 0 bridgehead atoms. The van der Waals surface area contributed by atoms with Crippen molar-refractivity contribution in [2.24, 2.45) is 10.2 Å². The highest BCUT2D eigenvalue weighted by Crippen LogP contribution is 2.16. The van der Waals surface area contributed by atoms with E-state index in [2.05, 4.69) is 31.7 Å². The molecule has 0 aliphatic carbocycles. The number of hydrogen-bond acceptors (Lipinski definition) is 8. The van der Waals surface area contributed by atoms with Gasteiger partial charge in [-0.25, -0.2) is 10.9 Å². The first kappa shape index (κ1) is 28.1. The van der Waals surface area contributed by atoms with Gasteiger partial charge in [-0.15, -0.1) is 22.7 Å². The highest BCUT2D eigenvalue weighted by Gasteiger charge is 2.13. The molecule has 2 aromatic carbocycles. The summed E-state index contributed by atoms with van der Waals surface area (Å²) in [5.74, 6) is -2.36. The van der Waals surface area contributed by atoms with Crippen LogP contribution in [0.5, 0.6) is 0 Å². The zero-order valence-electron chi connectivity index (χ0n) is 21.4. The average molecular weight is 573 g/mol. The Balaban J connectivity index is 1.26. The van der Waals surface area contributed by atoms with Crippen LogP contribution in [0, 0.1) is 0 Å². The molecule has 202 valence electrons. The summed E-state index contributed by atoms with van der Waals surface area (Å²) < 4.78 is 0. The maximum Gasteiger partial charge on any atom is 0.331 e. The Hall–Kier alpha value is -4.94. The summed E-state index contributed by atoms with van der Waals surface area (Å²) in [4.78, 5) is 49.9. The minimum Gasteiger partial charge on any atom is -0.321 e. The van der Waals surface area contributed by atoms with Crippen LogP contribution in [0.4, 0.5) is 11.4 Å². The van der Waals surface area contributed by atoms with Crippen molar-refractivity contribution in [2.75, 3.05) is 10.6 Å². The van der Waals surface area contributed by atoms with Gasteiger partial charge in [0.05, 0.1) is 21.2 Å². The van der Waals surface area contributed by atoms with Crippen LogP contribution in [0.15, 0.2) is 93.8 Å². The van der Waals surface area contributed by atoms with E-state index in [0.717, 1.165) is 0 Å². The van der Waals surface area contributed by atoms with Crippen molar-refractivity contribution in [2.45, 2.75) is 13.8 Å². The molecule has 12 heteroatoms. The molecule has 0 atom stereocenters. The molecule has 0 radical (unpaired) electrons. The van der Waals surface area contributed by atoms with E-state index in [1.54, 1.807) is 86.6 Å². The molecular formula is C28H24N6O4S2. The maximum absolute atomic E-state index is 12.2. The molecule has 0 spiro atoms. The number of carbonyl (C=O) groups is 4. The lowest BCUT2D eigenvalue weighted by molar-refractivity contribution is -0.139. The standard InChI is InChI=1S/C28H24N6O4S2/c1-17(19-7-11-21(12-8-19)29-25(35)23-5-3-15-39-23)31-33-27(37)28(38)34-32-18(2)20-9-13-22(14-10-20)30-26(36)24-6-4-16-40-24/h3-16H,1-2H3,(H,29,35)(H,30,36)(H,33,37)(H,34,38). The maximum atomic E-state index is 12.2. The summed E-state index contributed by atoms with van der Waals surface area (Å²) in [7, 11) is 0. The predicted octanol–water partition coefficient (Wildman–Crippen LogP) is 4.69. The largest absolute Gasteiger partial charge is 0.331 e. The lowest BCUT2D eigenvalue weighted by Crippen LogP contribution is -2.36. The molecular weight excluding hydrogens is 548 g/mol. The van der Waals surface area contributed by atoms with Crippen LogP contribution < -0.4 is 21.5 Å². The van der Waals surface area contributed by atoms with Crippen LogP contribution in [-0.4, -0.2) is 35.1 Å². The molecule has 10 nitrogen and oxygen atoms in total. The lowest BCUT2D eigenvalue weighted by atomic mass is 10.1. The molecule has 0 aliphatic heterocycles. The Labute approximate surface area is 237 Å². The molecule has 4 rings (SSSR count). The monoisotopic (exact) mass is 572 g/mol. The average Bonchev–Trinajstić information content (AvgIpc) is 3.70. The van der Waals surface area contributed by atoms with Crippen LogP contribution in [0.3, 0.4) is 0 Å². The van der Waals surface area contributed by atoms with Gasteiger partial charge in [0.25, 0.3) is 11.8 Å². The fraction of sp³-hybridized carbons (Fsp3) is 0.0714. The Morgan fingerprint density at radius 1 is 0.575 bits per heavy atom. The quantitative estimate of drug-likeness (QED) is 0.138. The van der Waals surface area contributed by atoms with E-state index in [9.17, 15) is 19.2 Å². The third-order valence-corrected chi connectivity index (χ3v) is 7.20. The van der Waals surface area contributed by atoms with Gasteiger partial charge < -0.3 is 10.6 Å². The minimum absolute atomic E-state index is 0.195. The molecule has 0 saturated carbocycles. The van der Waals surface area contributed by atoms with Gasteiger partial charge in [-0.2, -0.15) is 10.2 Å². The second-order valence-electron chi connectivity index (χ2n) is 8.29. The number of amides is 4. The Kier molecular flexibility index (Phi) is 9.28. The van der Waals surface area contributed by atoms with Crippen molar-refractivity contribution < 1.29 is 19.2 Å². The SMILES string of the molecule is CC(=NNC(=O)C(=O)NN=C(C)c1ccc(NC(=O)c2cccs2)cc1)c1ccc(NC(=O)c2cccs2)cc1. The van der Waals surface area contributed by atoms with Crippen LogP contribution in [0.1, 0.15) is 44.3 Å². The number of thiophene rings is 2. The number of hydrogen-bond donors (Lipinski definition) is 4. The van der Waals surface area contributed by atoms with Gasteiger partial charge in [0.15, 0.2) is 0 Å². The first-order valence-electron chi connectivity index (χ1n) is 11.9. The molecule has 0 saturated heterocycles. The zero-order valence-corrected chi connectivity index (χ0v) is 23.1. The van der Waals surface area contributed by atoms with Gasteiger partial charge >= 0.3 is 11.8 Å². The van der Waals surface area contributed by atoms with Gasteiger partial charge in [-0.05, 0) is 72.1 Å². The fourth-order valence-electron chi connectivity index (χ4n) is 3.29. The number of nitrogens with zero attached hydrogens (tertiary/aromatic N) is 2. The summed E-state index contributed by atoms with van der Waals surface area (Å²) >= 11 is 2.70. The number of benzene rings is 2. The topological polar surface area (TPSA) is 141 Å². The van der Waals surface area contributed by atoms with Crippen molar-refractivity contribution in [3.63, 3.8) is 0 Å². The first-order chi connectivity index (χ1) is 19.3. The fourth-order valence-corrected chi connectivity index (χ4v) is 4.53. The second-order valence-corrected chi connectivity index (χ2v) is 10.2. The lowest BCUT2D eigenvalue weighted by Gasteiger charge is -2.07. The van der Waals surface area contributed by atoms with Crippen LogP contribution in [-0.2, 0) is 9.59 Å². The van der Waals surface area contributed by atoms with Gasteiger partial charge in [0.2, 0.25) is 0 Å². The zero-order chi connectivity index (χ0) is 28.5. The second kappa shape index (κ2) is 13.2. The van der Waals surface area contributed by atoms with E-state index in [4.69, 9.17) is 0 Å². The highest BCUT2D eigenvalue weighted by molar-refractivity contribution is 7.12. The van der Waals surface area contributed by atoms with E-state index in [1.165, 1.54) is 22.7 Å². The van der Waals surface area contributed by atoms with Gasteiger partial charge in [-0.1, -0.05) is 36.4 Å². The molecule has 0 aliphatic rings. The van der Waals surface area contributed by atoms with Crippen molar-refractivity contribution in [1.29, 1.82) is 0 Å². The number of nitrogens with one attached hydrogen (secondary N) is 4. The van der Waals surface area contributed by atoms with Crippen LogP contribution in [0.25, 0.3) is 0 Å². The van der Waals surface area contributed by atoms with Gasteiger partial charge in [0.1, 0.15) is 0 Å². The molecule has 0 fully saturated rings. The highest BCUT2D eigenvalue weighted by atomic mass is 32.1. The summed E-state index contributed by atoms with van der Waals surface area (Å²) in [5, 5.41) is 17.2. The number of anilines is 2. The van der Waals surface area contributed by atoms with Crippen LogP contribution >= 0.6 is 22.7 Å². The molecule has 2 aromatic heterocycles. The molecule has 4 N–H and O–H groups in total. The molecule has 40 heavy (non-hydrogen) atoms. The van der Waals surface area contributed by atoms with Gasteiger partial charge in [0, 0.05) is 11.4 Å². The first-order valence-corrected chi connectivity index (χ1v) is 13.7. The van der Waals surface area contributed by atoms with Gasteiger partial charge in [-0.3, -0.25) is 19.2 Å². The smallest absolute Gasteiger partial charge is 0.321 e. The van der Waals surface area contributed by atoms with E-state index < -0.39 is 11.8 Å². The molecule has 4 aromatic rings.